The second-order valence-corrected chi connectivity index (χ2v) is 9.97. The van der Waals surface area contributed by atoms with E-state index in [1.54, 1.807) is 54.7 Å². The number of pyridine rings is 1. The highest BCUT2D eigenvalue weighted by Crippen LogP contribution is 2.40. The summed E-state index contributed by atoms with van der Waals surface area (Å²) in [4.78, 5) is 55.8. The first-order chi connectivity index (χ1) is 18.6. The molecule has 0 spiro atoms. The third kappa shape index (κ3) is 7.33. The van der Waals surface area contributed by atoms with Gasteiger partial charge in [-0.3, -0.25) is 19.4 Å². The lowest BCUT2D eigenvalue weighted by Crippen LogP contribution is -2.67. The maximum Gasteiger partial charge on any atom is 0.408 e. The number of benzene rings is 1. The molecule has 4 rings (SSSR count). The van der Waals surface area contributed by atoms with Gasteiger partial charge in [0.15, 0.2) is 0 Å². The molecule has 208 valence electrons. The zero-order valence-electron chi connectivity index (χ0n) is 21.1. The van der Waals surface area contributed by atoms with Crippen molar-refractivity contribution in [2.75, 3.05) is 0 Å². The van der Waals surface area contributed by atoms with Crippen molar-refractivity contribution in [3.05, 3.63) is 66.0 Å². The van der Waals surface area contributed by atoms with Crippen molar-refractivity contribution in [1.82, 2.24) is 26.3 Å². The van der Waals surface area contributed by atoms with Gasteiger partial charge in [0.05, 0.1) is 12.2 Å². The van der Waals surface area contributed by atoms with E-state index in [0.717, 1.165) is 0 Å². The average molecular weight is 546 g/mol. The minimum absolute atomic E-state index is 0.00250. The molecule has 0 saturated heterocycles. The Balaban J connectivity index is 1.44. The number of carbonyl (C=O) groups is 4. The van der Waals surface area contributed by atoms with Gasteiger partial charge in [-0.15, -0.1) is 0 Å². The van der Waals surface area contributed by atoms with Crippen molar-refractivity contribution in [3.63, 3.8) is 0 Å². The Morgan fingerprint density at radius 1 is 0.974 bits per heavy atom. The first-order valence-electron chi connectivity index (χ1n) is 12.8. The zero-order valence-corrected chi connectivity index (χ0v) is 21.1. The number of halogens is 3. The molecular weight excluding hydrogens is 515 g/mol. The lowest BCUT2D eigenvalue weighted by Gasteiger charge is -2.41. The number of ketones is 1. The lowest BCUT2D eigenvalue weighted by molar-refractivity contribution is -0.157. The first-order valence-corrected chi connectivity index (χ1v) is 12.8. The molecule has 0 bridgehead atoms. The molecule has 2 saturated carbocycles. The molecule has 2 aliphatic carbocycles. The summed E-state index contributed by atoms with van der Waals surface area (Å²) in [6, 6.07) is 9.51. The molecule has 4 N–H and O–H groups in total. The van der Waals surface area contributed by atoms with Gasteiger partial charge in [0.2, 0.25) is 11.7 Å². The van der Waals surface area contributed by atoms with Crippen LogP contribution in [0.4, 0.5) is 18.0 Å². The molecule has 2 fully saturated rings. The standard InChI is InChI=1S/C27H30F3N5O4/c28-27(29,30)22(18-10-11-18)34-25(39)35-26(12-6-13-26)24(38)33-20(15-17-7-2-1-3-8-17)21(36)23(37)32-16-19-9-4-5-14-31-19/h1-5,7-9,14,18,20,22H,6,10-13,15-16H2,(H,32,37)(H,33,38)(H2,34,35,39)/t20-,22+/m1/s1. The lowest BCUT2D eigenvalue weighted by atomic mass is 9.75. The summed E-state index contributed by atoms with van der Waals surface area (Å²) in [6.45, 7) is 0.00441. The largest absolute Gasteiger partial charge is 0.408 e. The molecule has 0 unspecified atom stereocenters. The van der Waals surface area contributed by atoms with Crippen molar-refractivity contribution < 1.29 is 32.3 Å². The normalized spacial score (nSPS) is 17.6. The number of Topliss-reactive ketones (excluding diaryl/α,β-unsaturated/α-hetero) is 1. The van der Waals surface area contributed by atoms with Gasteiger partial charge < -0.3 is 21.3 Å². The smallest absolute Gasteiger partial charge is 0.344 e. The van der Waals surface area contributed by atoms with Crippen LogP contribution in [-0.2, 0) is 27.3 Å². The predicted molar refractivity (Wildman–Crippen MR) is 134 cm³/mol. The minimum atomic E-state index is -4.61. The van der Waals surface area contributed by atoms with Gasteiger partial charge in [0, 0.05) is 12.6 Å². The van der Waals surface area contributed by atoms with Crippen LogP contribution < -0.4 is 21.3 Å². The summed E-state index contributed by atoms with van der Waals surface area (Å²) < 4.78 is 40.1. The van der Waals surface area contributed by atoms with Crippen molar-refractivity contribution in [3.8, 4) is 0 Å². The molecule has 0 aliphatic heterocycles. The number of carbonyl (C=O) groups excluding carboxylic acids is 4. The van der Waals surface area contributed by atoms with E-state index in [1.165, 1.54) is 0 Å². The van der Waals surface area contributed by atoms with E-state index >= 15 is 0 Å². The number of hydrogen-bond acceptors (Lipinski definition) is 5. The molecular formula is C27H30F3N5O4. The van der Waals surface area contributed by atoms with Crippen LogP contribution in [-0.4, -0.2) is 52.4 Å². The molecule has 39 heavy (non-hydrogen) atoms. The zero-order chi connectivity index (χ0) is 28.0. The molecule has 0 radical (unpaired) electrons. The topological polar surface area (TPSA) is 129 Å². The van der Waals surface area contributed by atoms with E-state index in [9.17, 15) is 32.3 Å². The Morgan fingerprint density at radius 2 is 1.67 bits per heavy atom. The molecule has 2 aliphatic rings. The number of rotatable bonds is 11. The van der Waals surface area contributed by atoms with Crippen LogP contribution in [0.5, 0.6) is 0 Å². The van der Waals surface area contributed by atoms with Gasteiger partial charge in [-0.25, -0.2) is 4.79 Å². The SMILES string of the molecule is O=C(N[C@@H](C1CC1)C(F)(F)F)NC1(C(=O)N[C@H](Cc2ccccc2)C(=O)C(=O)NCc2ccccn2)CCC1. The summed E-state index contributed by atoms with van der Waals surface area (Å²) in [7, 11) is 0. The van der Waals surface area contributed by atoms with E-state index < -0.39 is 53.3 Å². The van der Waals surface area contributed by atoms with E-state index in [4.69, 9.17) is 0 Å². The minimum Gasteiger partial charge on any atom is -0.344 e. The Bertz CT molecular complexity index is 1180. The van der Waals surface area contributed by atoms with Crippen LogP contribution in [0.2, 0.25) is 0 Å². The maximum absolute atomic E-state index is 13.4. The Hall–Kier alpha value is -3.96. The second-order valence-electron chi connectivity index (χ2n) is 9.97. The van der Waals surface area contributed by atoms with Gasteiger partial charge in [-0.1, -0.05) is 36.4 Å². The summed E-state index contributed by atoms with van der Waals surface area (Å²) in [5.74, 6) is -3.23. The first kappa shape index (κ1) is 28.1. The van der Waals surface area contributed by atoms with Gasteiger partial charge in [-0.05, 0) is 55.7 Å². The monoisotopic (exact) mass is 545 g/mol. The summed E-state index contributed by atoms with van der Waals surface area (Å²) in [5, 5.41) is 9.47. The van der Waals surface area contributed by atoms with Crippen molar-refractivity contribution in [1.29, 1.82) is 0 Å². The van der Waals surface area contributed by atoms with Crippen molar-refractivity contribution in [2.45, 2.75) is 68.9 Å². The van der Waals surface area contributed by atoms with E-state index in [2.05, 4.69) is 20.9 Å². The highest BCUT2D eigenvalue weighted by atomic mass is 19.4. The fourth-order valence-electron chi connectivity index (χ4n) is 4.50. The van der Waals surface area contributed by atoms with Gasteiger partial charge >= 0.3 is 12.2 Å². The maximum atomic E-state index is 13.4. The number of hydrogen-bond donors (Lipinski definition) is 4. The molecule has 1 aromatic heterocycles. The average Bonchev–Trinajstić information content (AvgIpc) is 3.73. The third-order valence-corrected chi connectivity index (χ3v) is 7.01. The molecule has 12 heteroatoms. The quantitative estimate of drug-likeness (QED) is 0.323. The number of nitrogens with one attached hydrogen (secondary N) is 4. The van der Waals surface area contributed by atoms with Crippen molar-refractivity contribution >= 4 is 23.6 Å². The van der Waals surface area contributed by atoms with Crippen LogP contribution in [0.15, 0.2) is 54.7 Å². The molecule has 2 atom stereocenters. The highest BCUT2D eigenvalue weighted by Gasteiger charge is 2.51. The second kappa shape index (κ2) is 11.8. The Morgan fingerprint density at radius 3 is 2.23 bits per heavy atom. The van der Waals surface area contributed by atoms with Gasteiger partial charge in [-0.2, -0.15) is 13.2 Å². The highest BCUT2D eigenvalue weighted by molar-refractivity contribution is 6.38. The molecule has 1 heterocycles. The Kier molecular flexibility index (Phi) is 8.51. The third-order valence-electron chi connectivity index (χ3n) is 7.01. The number of aromatic nitrogens is 1. The van der Waals surface area contributed by atoms with Crippen LogP contribution in [0.25, 0.3) is 0 Å². The number of alkyl halides is 3. The fourth-order valence-corrected chi connectivity index (χ4v) is 4.50. The predicted octanol–water partition coefficient (Wildman–Crippen LogP) is 2.56. The van der Waals surface area contributed by atoms with Gasteiger partial charge in [0.1, 0.15) is 17.6 Å². The summed E-state index contributed by atoms with van der Waals surface area (Å²) >= 11 is 0. The summed E-state index contributed by atoms with van der Waals surface area (Å²) in [6.07, 6.45) is -1.41. The van der Waals surface area contributed by atoms with Crippen LogP contribution >= 0.6 is 0 Å². The van der Waals surface area contributed by atoms with E-state index in [1.807, 2.05) is 5.32 Å². The fraction of sp³-hybridized carbons (Fsp3) is 0.444. The van der Waals surface area contributed by atoms with Crippen LogP contribution in [0.1, 0.15) is 43.4 Å². The van der Waals surface area contributed by atoms with E-state index in [0.29, 0.717) is 30.5 Å². The number of urea groups is 1. The number of nitrogens with zero attached hydrogens (tertiary/aromatic N) is 1. The van der Waals surface area contributed by atoms with Gasteiger partial charge in [0.25, 0.3) is 5.91 Å². The molecule has 9 nitrogen and oxygen atoms in total. The van der Waals surface area contributed by atoms with Crippen LogP contribution in [0.3, 0.4) is 0 Å². The van der Waals surface area contributed by atoms with E-state index in [-0.39, 0.29) is 25.8 Å². The number of amides is 4. The van der Waals surface area contributed by atoms with Crippen LogP contribution in [0, 0.1) is 5.92 Å². The summed E-state index contributed by atoms with van der Waals surface area (Å²) in [5.41, 5.74) is -0.266. The molecule has 4 amide bonds. The van der Waals surface area contributed by atoms with Crippen molar-refractivity contribution in [2.24, 2.45) is 5.92 Å². The molecule has 1 aromatic carbocycles. The molecule has 2 aromatic rings. The Labute approximate surface area is 223 Å².